The first-order chi connectivity index (χ1) is 8.58. The largest absolute Gasteiger partial charge is 0.480 e. The molecule has 1 N–H and O–H groups in total. The van der Waals surface area contributed by atoms with Crippen LogP contribution >= 0.6 is 0 Å². The molecule has 18 heavy (non-hydrogen) atoms. The molecule has 0 fully saturated rings. The van der Waals surface area contributed by atoms with E-state index in [2.05, 4.69) is 0 Å². The van der Waals surface area contributed by atoms with E-state index in [4.69, 9.17) is 0 Å². The zero-order chi connectivity index (χ0) is 13.1. The van der Waals surface area contributed by atoms with Gasteiger partial charge in [-0.1, -0.05) is 30.3 Å². The van der Waals surface area contributed by atoms with Crippen LogP contribution in [0, 0.1) is 0 Å². The van der Waals surface area contributed by atoms with Crippen LogP contribution in [0.25, 0.3) is 0 Å². The zero-order valence-corrected chi connectivity index (χ0v) is 10.2. The lowest BCUT2D eigenvalue weighted by molar-refractivity contribution is -0.147. The first-order valence-corrected chi connectivity index (χ1v) is 5.82. The number of carboxylic acids is 1. The molecule has 4 nitrogen and oxygen atoms in total. The third-order valence-electron chi connectivity index (χ3n) is 3.01. The van der Waals surface area contributed by atoms with Crippen molar-refractivity contribution in [3.8, 4) is 0 Å². The summed E-state index contributed by atoms with van der Waals surface area (Å²) in [7, 11) is 0. The molecule has 0 radical (unpaired) electrons. The number of rotatable bonds is 4. The number of nitrogens with zero attached hydrogens (tertiary/aromatic N) is 1. The Kier molecular flexibility index (Phi) is 3.46. The highest BCUT2D eigenvalue weighted by Gasteiger charge is 2.31. The molecule has 94 valence electrons. The number of carboxylic acid groups (broad SMARTS) is 1. The van der Waals surface area contributed by atoms with E-state index in [-0.39, 0.29) is 5.91 Å². The number of aliphatic carboxylic acids is 1. The van der Waals surface area contributed by atoms with Crippen molar-refractivity contribution >= 4 is 11.9 Å². The third kappa shape index (κ3) is 2.59. The van der Waals surface area contributed by atoms with Crippen LogP contribution < -0.4 is 0 Å². The van der Waals surface area contributed by atoms with Crippen LogP contribution in [-0.2, 0) is 16.0 Å². The van der Waals surface area contributed by atoms with Gasteiger partial charge in [-0.3, -0.25) is 4.79 Å². The van der Waals surface area contributed by atoms with Gasteiger partial charge in [0.15, 0.2) is 0 Å². The third-order valence-corrected chi connectivity index (χ3v) is 3.01. The molecule has 0 saturated heterocycles. The van der Waals surface area contributed by atoms with E-state index < -0.39 is 12.0 Å². The Morgan fingerprint density at radius 3 is 2.56 bits per heavy atom. The van der Waals surface area contributed by atoms with E-state index in [9.17, 15) is 14.7 Å². The van der Waals surface area contributed by atoms with Crippen molar-refractivity contribution in [2.45, 2.75) is 19.4 Å². The maximum absolute atomic E-state index is 11.7. The molecule has 1 aliphatic rings. The number of carbonyl (C=O) groups is 2. The molecule has 1 heterocycles. The number of benzene rings is 1. The molecule has 1 aliphatic heterocycles. The Labute approximate surface area is 106 Å². The van der Waals surface area contributed by atoms with Crippen LogP contribution in [0.5, 0.6) is 0 Å². The molecule has 0 unspecified atom stereocenters. The molecule has 2 rings (SSSR count). The topological polar surface area (TPSA) is 57.6 Å². The summed E-state index contributed by atoms with van der Waals surface area (Å²) in [6.07, 6.45) is 1.84. The van der Waals surface area contributed by atoms with Gasteiger partial charge in [0.2, 0.25) is 5.91 Å². The molecular formula is C14H15NO3. The molecule has 0 aliphatic carbocycles. The molecule has 0 bridgehead atoms. The molecule has 0 aromatic heterocycles. The van der Waals surface area contributed by atoms with Gasteiger partial charge in [0.25, 0.3) is 0 Å². The van der Waals surface area contributed by atoms with Crippen LogP contribution in [0.2, 0.25) is 0 Å². The summed E-state index contributed by atoms with van der Waals surface area (Å²) in [6, 6.07) is 8.56. The van der Waals surface area contributed by atoms with E-state index >= 15 is 0 Å². The lowest BCUT2D eigenvalue weighted by Crippen LogP contribution is -2.44. The van der Waals surface area contributed by atoms with Crippen molar-refractivity contribution in [2.24, 2.45) is 0 Å². The monoisotopic (exact) mass is 245 g/mol. The standard InChI is InChI=1S/C14H15NO3/c1-10-7-13(16)15(9-10)12(14(17)18)8-11-5-3-2-4-6-11/h2-7,12H,8-9H2,1H3,(H,17,18)/t12-/m0/s1. The maximum atomic E-state index is 11.7. The van der Waals surface area contributed by atoms with Gasteiger partial charge in [-0.25, -0.2) is 4.79 Å². The Bertz CT molecular complexity index is 493. The average Bonchev–Trinajstić information content (AvgIpc) is 2.66. The highest BCUT2D eigenvalue weighted by Crippen LogP contribution is 2.17. The van der Waals surface area contributed by atoms with Crippen molar-refractivity contribution in [2.75, 3.05) is 6.54 Å². The van der Waals surface area contributed by atoms with E-state index in [1.54, 1.807) is 0 Å². The van der Waals surface area contributed by atoms with E-state index in [0.717, 1.165) is 11.1 Å². The zero-order valence-electron chi connectivity index (χ0n) is 10.2. The predicted octanol–water partition coefficient (Wildman–Crippen LogP) is 1.47. The van der Waals surface area contributed by atoms with Gasteiger partial charge in [-0.2, -0.15) is 0 Å². The quantitative estimate of drug-likeness (QED) is 0.874. The van der Waals surface area contributed by atoms with Crippen molar-refractivity contribution in [1.82, 2.24) is 4.90 Å². The Balaban J connectivity index is 2.15. The summed E-state index contributed by atoms with van der Waals surface area (Å²) in [5.74, 6) is -1.17. The minimum atomic E-state index is -0.963. The molecule has 1 aromatic rings. The minimum absolute atomic E-state index is 0.212. The second-order valence-corrected chi connectivity index (χ2v) is 4.50. The molecule has 4 heteroatoms. The van der Waals surface area contributed by atoms with Gasteiger partial charge in [0, 0.05) is 19.0 Å². The van der Waals surface area contributed by atoms with Gasteiger partial charge >= 0.3 is 5.97 Å². The lowest BCUT2D eigenvalue weighted by atomic mass is 10.0. The average molecular weight is 245 g/mol. The van der Waals surface area contributed by atoms with Crippen LogP contribution in [0.3, 0.4) is 0 Å². The van der Waals surface area contributed by atoms with Gasteiger partial charge in [0.05, 0.1) is 0 Å². The predicted molar refractivity (Wildman–Crippen MR) is 67.0 cm³/mol. The Morgan fingerprint density at radius 2 is 2.06 bits per heavy atom. The minimum Gasteiger partial charge on any atom is -0.480 e. The van der Waals surface area contributed by atoms with Gasteiger partial charge in [-0.15, -0.1) is 0 Å². The van der Waals surface area contributed by atoms with Crippen molar-refractivity contribution in [3.05, 3.63) is 47.5 Å². The second-order valence-electron chi connectivity index (χ2n) is 4.50. The number of hydrogen-bond acceptors (Lipinski definition) is 2. The molecule has 0 saturated carbocycles. The van der Waals surface area contributed by atoms with Crippen LogP contribution in [0.4, 0.5) is 0 Å². The summed E-state index contributed by atoms with van der Waals surface area (Å²) < 4.78 is 0. The summed E-state index contributed by atoms with van der Waals surface area (Å²) in [5.41, 5.74) is 1.82. The Morgan fingerprint density at radius 1 is 1.39 bits per heavy atom. The highest BCUT2D eigenvalue weighted by atomic mass is 16.4. The van der Waals surface area contributed by atoms with Gasteiger partial charge < -0.3 is 10.0 Å². The van der Waals surface area contributed by atoms with Crippen molar-refractivity contribution in [3.63, 3.8) is 0 Å². The van der Waals surface area contributed by atoms with Crippen molar-refractivity contribution in [1.29, 1.82) is 0 Å². The van der Waals surface area contributed by atoms with E-state index in [0.29, 0.717) is 13.0 Å². The number of carbonyl (C=O) groups excluding carboxylic acids is 1. The fourth-order valence-corrected chi connectivity index (χ4v) is 2.12. The fourth-order valence-electron chi connectivity index (χ4n) is 2.12. The maximum Gasteiger partial charge on any atom is 0.326 e. The van der Waals surface area contributed by atoms with Crippen LogP contribution in [0.1, 0.15) is 12.5 Å². The number of hydrogen-bond donors (Lipinski definition) is 1. The van der Waals surface area contributed by atoms with Gasteiger partial charge in [0.1, 0.15) is 6.04 Å². The first-order valence-electron chi connectivity index (χ1n) is 5.82. The summed E-state index contributed by atoms with van der Waals surface area (Å²) in [6.45, 7) is 2.24. The normalized spacial score (nSPS) is 16.6. The van der Waals surface area contributed by atoms with Crippen molar-refractivity contribution < 1.29 is 14.7 Å². The molecule has 1 atom stereocenters. The molecule has 1 aromatic carbocycles. The highest BCUT2D eigenvalue weighted by molar-refractivity contribution is 5.94. The smallest absolute Gasteiger partial charge is 0.326 e. The van der Waals surface area contributed by atoms with Crippen LogP contribution in [-0.4, -0.2) is 34.5 Å². The van der Waals surface area contributed by atoms with Gasteiger partial charge in [-0.05, 0) is 18.1 Å². The summed E-state index contributed by atoms with van der Waals surface area (Å²) in [4.78, 5) is 24.4. The van der Waals surface area contributed by atoms with E-state index in [1.807, 2.05) is 37.3 Å². The summed E-state index contributed by atoms with van der Waals surface area (Å²) in [5, 5.41) is 9.28. The number of amides is 1. The lowest BCUT2D eigenvalue weighted by Gasteiger charge is -2.24. The second kappa shape index (κ2) is 5.04. The fraction of sp³-hybridized carbons (Fsp3) is 0.286. The molecule has 0 spiro atoms. The van der Waals surface area contributed by atoms with E-state index in [1.165, 1.54) is 11.0 Å². The van der Waals surface area contributed by atoms with Crippen LogP contribution in [0.15, 0.2) is 42.0 Å². The summed E-state index contributed by atoms with van der Waals surface area (Å²) >= 11 is 0. The SMILES string of the molecule is CC1=CC(=O)N([C@@H](Cc2ccccc2)C(=O)O)C1. The molecular weight excluding hydrogens is 230 g/mol. The Hall–Kier alpha value is -2.10. The first kappa shape index (κ1) is 12.4. The molecule has 1 amide bonds.